The van der Waals surface area contributed by atoms with E-state index in [1.54, 1.807) is 18.3 Å². The Morgan fingerprint density at radius 1 is 1.39 bits per heavy atom. The predicted molar refractivity (Wildman–Crippen MR) is 111 cm³/mol. The number of hydrogen-bond acceptors (Lipinski definition) is 5. The number of carbonyl (C=O) groups is 1. The van der Waals surface area contributed by atoms with Gasteiger partial charge in [0.2, 0.25) is 5.82 Å². The van der Waals surface area contributed by atoms with Crippen LogP contribution in [0.2, 0.25) is 0 Å². The molecule has 28 heavy (non-hydrogen) atoms. The third kappa shape index (κ3) is 3.37. The fourth-order valence-corrected chi connectivity index (χ4v) is 5.29. The molecule has 2 aromatic heterocycles. The molecule has 0 fully saturated rings. The van der Waals surface area contributed by atoms with Gasteiger partial charge < -0.3 is 4.74 Å². The van der Waals surface area contributed by atoms with Crippen LogP contribution in [0.25, 0.3) is 10.2 Å². The van der Waals surface area contributed by atoms with E-state index in [9.17, 15) is 9.59 Å². The van der Waals surface area contributed by atoms with Crippen molar-refractivity contribution in [2.45, 2.75) is 46.6 Å². The highest BCUT2D eigenvalue weighted by Crippen LogP contribution is 2.36. The predicted octanol–water partition coefficient (Wildman–Crippen LogP) is 4.12. The molecule has 0 N–H and O–H groups in total. The summed E-state index contributed by atoms with van der Waals surface area (Å²) in [4.78, 5) is 32.6. The maximum absolute atomic E-state index is 13.5. The van der Waals surface area contributed by atoms with Gasteiger partial charge in [-0.1, -0.05) is 36.8 Å². The lowest BCUT2D eigenvalue weighted by Gasteiger charge is -2.17. The van der Waals surface area contributed by atoms with Crippen molar-refractivity contribution in [1.82, 2.24) is 9.55 Å². The summed E-state index contributed by atoms with van der Waals surface area (Å²) in [6.45, 7) is 6.55. The molecule has 0 amide bonds. The number of aryl methyl sites for hydroxylation is 2. The number of thiophene rings is 1. The van der Waals surface area contributed by atoms with Crippen molar-refractivity contribution in [3.05, 3.63) is 62.0 Å². The van der Waals surface area contributed by atoms with Crippen molar-refractivity contribution in [2.75, 3.05) is 6.61 Å². The molecular weight excluding hydrogens is 372 g/mol. The molecule has 5 nitrogen and oxygen atoms in total. The second kappa shape index (κ2) is 7.51. The number of carbonyl (C=O) groups excluding carboxylic acids is 1. The fraction of sp³-hybridized carbons (Fsp3) is 0.409. The Kier molecular flexibility index (Phi) is 5.06. The second-order valence-corrected chi connectivity index (χ2v) is 8.65. The molecule has 0 aliphatic heterocycles. The highest BCUT2D eigenvalue weighted by Gasteiger charge is 2.26. The van der Waals surface area contributed by atoms with Gasteiger partial charge in [-0.05, 0) is 50.2 Å². The third-order valence-corrected chi connectivity index (χ3v) is 6.44. The highest BCUT2D eigenvalue weighted by molar-refractivity contribution is 7.18. The first-order valence-electron chi connectivity index (χ1n) is 9.75. The van der Waals surface area contributed by atoms with Gasteiger partial charge in [-0.25, -0.2) is 9.78 Å². The first kappa shape index (κ1) is 18.9. The molecule has 0 radical (unpaired) electrons. The average Bonchev–Trinajstić information content (AvgIpc) is 3.01. The van der Waals surface area contributed by atoms with Crippen LogP contribution >= 0.6 is 11.3 Å². The smallest absolute Gasteiger partial charge is 0.374 e. The van der Waals surface area contributed by atoms with E-state index < -0.39 is 5.97 Å². The molecule has 0 bridgehead atoms. The van der Waals surface area contributed by atoms with Crippen LogP contribution in [0.5, 0.6) is 0 Å². The van der Waals surface area contributed by atoms with Crippen molar-refractivity contribution in [2.24, 2.45) is 5.92 Å². The summed E-state index contributed by atoms with van der Waals surface area (Å²) >= 11 is 1.55. The van der Waals surface area contributed by atoms with E-state index in [1.165, 1.54) is 9.44 Å². The SMILES string of the molecule is CCOC(=O)c1nc2sc3c(c2c(=O)n1Cc1cccc(C)c1)CC[C@H](C)C3. The summed E-state index contributed by atoms with van der Waals surface area (Å²) in [7, 11) is 0. The molecule has 1 aromatic carbocycles. The Balaban J connectivity index is 1.91. The number of benzene rings is 1. The number of ether oxygens (including phenoxy) is 1. The van der Waals surface area contributed by atoms with Crippen LogP contribution in [0.4, 0.5) is 0 Å². The van der Waals surface area contributed by atoms with Crippen LogP contribution < -0.4 is 5.56 Å². The Bertz CT molecular complexity index is 1110. The summed E-state index contributed by atoms with van der Waals surface area (Å²) in [5.74, 6) is 0.154. The fourth-order valence-electron chi connectivity index (χ4n) is 3.91. The largest absolute Gasteiger partial charge is 0.460 e. The van der Waals surface area contributed by atoms with E-state index in [4.69, 9.17) is 4.74 Å². The molecule has 0 saturated heterocycles. The van der Waals surface area contributed by atoms with Crippen molar-refractivity contribution < 1.29 is 9.53 Å². The normalized spacial score (nSPS) is 16.2. The Hall–Kier alpha value is -2.47. The zero-order valence-corrected chi connectivity index (χ0v) is 17.3. The second-order valence-electron chi connectivity index (χ2n) is 7.57. The van der Waals surface area contributed by atoms with E-state index in [-0.39, 0.29) is 18.0 Å². The van der Waals surface area contributed by atoms with Crippen molar-refractivity contribution in [3.8, 4) is 0 Å². The van der Waals surface area contributed by atoms with Gasteiger partial charge in [-0.3, -0.25) is 9.36 Å². The van der Waals surface area contributed by atoms with Crippen molar-refractivity contribution >= 4 is 27.5 Å². The summed E-state index contributed by atoms with van der Waals surface area (Å²) in [5.41, 5.74) is 3.07. The molecular formula is C22H24N2O3S. The lowest BCUT2D eigenvalue weighted by Crippen LogP contribution is -2.29. The van der Waals surface area contributed by atoms with Gasteiger partial charge in [0, 0.05) is 4.88 Å². The number of fused-ring (bicyclic) bond motifs is 3. The summed E-state index contributed by atoms with van der Waals surface area (Å²) in [5, 5.41) is 0.688. The lowest BCUT2D eigenvalue weighted by molar-refractivity contribution is 0.0505. The van der Waals surface area contributed by atoms with Crippen LogP contribution in [0.3, 0.4) is 0 Å². The Morgan fingerprint density at radius 3 is 2.96 bits per heavy atom. The van der Waals surface area contributed by atoms with Crippen LogP contribution in [0.1, 0.15) is 52.5 Å². The number of aromatic nitrogens is 2. The minimum absolute atomic E-state index is 0.0903. The Labute approximate surface area is 168 Å². The maximum atomic E-state index is 13.5. The van der Waals surface area contributed by atoms with Crippen LogP contribution in [0.15, 0.2) is 29.1 Å². The molecule has 1 atom stereocenters. The van der Waals surface area contributed by atoms with Crippen LogP contribution in [0, 0.1) is 12.8 Å². The molecule has 0 saturated carbocycles. The minimum atomic E-state index is -0.547. The van der Waals surface area contributed by atoms with Crippen molar-refractivity contribution in [3.63, 3.8) is 0 Å². The van der Waals surface area contributed by atoms with Gasteiger partial charge in [0.15, 0.2) is 0 Å². The zero-order chi connectivity index (χ0) is 19.8. The number of rotatable bonds is 4. The molecule has 1 aliphatic carbocycles. The van der Waals surface area contributed by atoms with E-state index in [0.717, 1.165) is 36.0 Å². The lowest BCUT2D eigenvalue weighted by atomic mass is 9.89. The summed E-state index contributed by atoms with van der Waals surface area (Å²) < 4.78 is 6.68. The molecule has 0 spiro atoms. The molecule has 3 aromatic rings. The van der Waals surface area contributed by atoms with Gasteiger partial charge in [-0.2, -0.15) is 0 Å². The monoisotopic (exact) mass is 396 g/mol. The number of esters is 1. The quantitative estimate of drug-likeness (QED) is 0.623. The van der Waals surface area contributed by atoms with Gasteiger partial charge in [-0.15, -0.1) is 11.3 Å². The average molecular weight is 397 g/mol. The summed E-state index contributed by atoms with van der Waals surface area (Å²) in [6, 6.07) is 7.95. The third-order valence-electron chi connectivity index (χ3n) is 5.30. The van der Waals surface area contributed by atoms with Gasteiger partial charge in [0.25, 0.3) is 5.56 Å². The first-order valence-corrected chi connectivity index (χ1v) is 10.6. The van der Waals surface area contributed by atoms with E-state index in [2.05, 4.69) is 11.9 Å². The number of nitrogens with zero attached hydrogens (tertiary/aromatic N) is 2. The molecule has 0 unspecified atom stereocenters. The highest BCUT2D eigenvalue weighted by atomic mass is 32.1. The molecule has 4 rings (SSSR count). The molecule has 6 heteroatoms. The van der Waals surface area contributed by atoms with Crippen LogP contribution in [-0.4, -0.2) is 22.1 Å². The zero-order valence-electron chi connectivity index (χ0n) is 16.4. The van der Waals surface area contributed by atoms with Gasteiger partial charge in [0.05, 0.1) is 18.5 Å². The molecule has 1 aliphatic rings. The van der Waals surface area contributed by atoms with E-state index in [0.29, 0.717) is 22.7 Å². The minimum Gasteiger partial charge on any atom is -0.460 e. The topological polar surface area (TPSA) is 61.2 Å². The first-order chi connectivity index (χ1) is 13.5. The van der Waals surface area contributed by atoms with Gasteiger partial charge >= 0.3 is 5.97 Å². The molecule has 2 heterocycles. The van der Waals surface area contributed by atoms with Crippen molar-refractivity contribution in [1.29, 1.82) is 0 Å². The molecule has 146 valence electrons. The maximum Gasteiger partial charge on any atom is 0.374 e. The Morgan fingerprint density at radius 2 is 2.21 bits per heavy atom. The standard InChI is InChI=1S/C22H24N2O3S/c1-4-27-22(26)19-23-20-18(16-9-8-14(3)11-17(16)28-20)21(25)24(19)12-15-7-5-6-13(2)10-15/h5-7,10,14H,4,8-9,11-12H2,1-3H3/t14-/m0/s1. The summed E-state index contributed by atoms with van der Waals surface area (Å²) in [6.07, 6.45) is 2.95. The van der Waals surface area contributed by atoms with Gasteiger partial charge in [0.1, 0.15) is 4.83 Å². The van der Waals surface area contributed by atoms with E-state index >= 15 is 0 Å². The van der Waals surface area contributed by atoms with E-state index in [1.807, 2.05) is 31.2 Å². The number of hydrogen-bond donors (Lipinski definition) is 0. The van der Waals surface area contributed by atoms with Crippen LogP contribution in [-0.2, 0) is 24.1 Å².